The molecular formula is C15H18O4. The molecule has 1 saturated carbocycles. The Bertz CT molecular complexity index is 557. The first-order chi connectivity index (χ1) is 9.00. The zero-order chi connectivity index (χ0) is 14.0. The smallest absolute Gasteiger partial charge is 0.261 e. The van der Waals surface area contributed by atoms with Crippen molar-refractivity contribution in [1.82, 2.24) is 0 Å². The van der Waals surface area contributed by atoms with E-state index in [1.54, 1.807) is 6.92 Å². The lowest BCUT2D eigenvalue weighted by Gasteiger charge is -2.20. The molecule has 19 heavy (non-hydrogen) atoms. The number of rotatable bonds is 2. The number of hydrogen-bond donors (Lipinski definition) is 2. The Morgan fingerprint density at radius 1 is 1.11 bits per heavy atom. The van der Waals surface area contributed by atoms with Gasteiger partial charge in [-0.05, 0) is 37.5 Å². The minimum absolute atomic E-state index is 0.0357. The summed E-state index contributed by atoms with van der Waals surface area (Å²) >= 11 is 0. The first-order valence-corrected chi connectivity index (χ1v) is 6.62. The predicted octanol–water partition coefficient (Wildman–Crippen LogP) is 2.53. The van der Waals surface area contributed by atoms with Crippen molar-refractivity contribution in [2.24, 2.45) is 5.92 Å². The molecule has 0 aromatic heterocycles. The number of carbonyl (C=O) groups is 1. The first-order valence-electron chi connectivity index (χ1n) is 6.62. The van der Waals surface area contributed by atoms with Crippen LogP contribution in [0.15, 0.2) is 16.9 Å². The first kappa shape index (κ1) is 13.6. The van der Waals surface area contributed by atoms with Gasteiger partial charge in [0.25, 0.3) is 5.43 Å². The average Bonchev–Trinajstić information content (AvgIpc) is 2.51. The van der Waals surface area contributed by atoms with Gasteiger partial charge in [-0.1, -0.05) is 19.3 Å². The fourth-order valence-electron chi connectivity index (χ4n) is 2.65. The Kier molecular flexibility index (Phi) is 3.88. The molecule has 4 heteroatoms. The number of aryl methyl sites for hydroxylation is 1. The van der Waals surface area contributed by atoms with Crippen molar-refractivity contribution < 1.29 is 15.0 Å². The molecular weight excluding hydrogens is 244 g/mol. The Morgan fingerprint density at radius 3 is 2.32 bits per heavy atom. The summed E-state index contributed by atoms with van der Waals surface area (Å²) in [6.07, 6.45) is 4.95. The quantitative estimate of drug-likeness (QED) is 0.803. The van der Waals surface area contributed by atoms with E-state index in [9.17, 15) is 19.8 Å². The topological polar surface area (TPSA) is 74.6 Å². The maximum Gasteiger partial charge on any atom is 0.261 e. The normalized spacial score (nSPS) is 16.3. The van der Waals surface area contributed by atoms with Gasteiger partial charge in [0.05, 0.1) is 0 Å². The fraction of sp³-hybridized carbons (Fsp3) is 0.467. The van der Waals surface area contributed by atoms with Gasteiger partial charge in [0.1, 0.15) is 0 Å². The van der Waals surface area contributed by atoms with E-state index in [-0.39, 0.29) is 11.7 Å². The molecule has 1 fully saturated rings. The third kappa shape index (κ3) is 2.78. The molecule has 0 radical (unpaired) electrons. The summed E-state index contributed by atoms with van der Waals surface area (Å²) in [7, 11) is 0. The molecule has 1 aromatic rings. The van der Waals surface area contributed by atoms with E-state index in [1.165, 1.54) is 12.1 Å². The van der Waals surface area contributed by atoms with Crippen molar-refractivity contribution in [2.75, 3.05) is 0 Å². The van der Waals surface area contributed by atoms with Crippen LogP contribution in [0.3, 0.4) is 0 Å². The van der Waals surface area contributed by atoms with E-state index >= 15 is 0 Å². The molecule has 0 atom stereocenters. The zero-order valence-electron chi connectivity index (χ0n) is 11.0. The highest BCUT2D eigenvalue weighted by Crippen LogP contribution is 2.28. The lowest BCUT2D eigenvalue weighted by Crippen LogP contribution is -2.18. The van der Waals surface area contributed by atoms with Crippen LogP contribution < -0.4 is 5.43 Å². The van der Waals surface area contributed by atoms with Crippen molar-refractivity contribution in [2.45, 2.75) is 39.0 Å². The highest BCUT2D eigenvalue weighted by molar-refractivity contribution is 5.99. The molecule has 0 heterocycles. The van der Waals surface area contributed by atoms with Crippen LogP contribution in [-0.4, -0.2) is 16.0 Å². The molecule has 0 unspecified atom stereocenters. The third-order valence-electron chi connectivity index (χ3n) is 3.77. The van der Waals surface area contributed by atoms with Gasteiger partial charge in [0.2, 0.25) is 0 Å². The fourth-order valence-corrected chi connectivity index (χ4v) is 2.65. The number of hydrogen-bond acceptors (Lipinski definition) is 4. The second-order valence-electron chi connectivity index (χ2n) is 5.18. The molecule has 2 N–H and O–H groups in total. The molecule has 102 valence electrons. The summed E-state index contributed by atoms with van der Waals surface area (Å²) in [5, 5.41) is 19.1. The summed E-state index contributed by atoms with van der Waals surface area (Å²) in [6, 6.07) is 2.44. The molecule has 0 saturated heterocycles. The van der Waals surface area contributed by atoms with E-state index in [2.05, 4.69) is 0 Å². The predicted molar refractivity (Wildman–Crippen MR) is 71.7 cm³/mol. The largest absolute Gasteiger partial charge is 0.504 e. The number of Topliss-reactive ketones (excluding diaryl/α,β-unsaturated/α-hetero) is 1. The SMILES string of the molecule is Cc1cc(O)c(=O)c(O)cc1C(=O)C1CCCCC1. The highest BCUT2D eigenvalue weighted by Gasteiger charge is 2.24. The van der Waals surface area contributed by atoms with Crippen LogP contribution in [0.25, 0.3) is 0 Å². The molecule has 0 spiro atoms. The van der Waals surface area contributed by atoms with Crippen molar-refractivity contribution in [1.29, 1.82) is 0 Å². The van der Waals surface area contributed by atoms with Crippen molar-refractivity contribution >= 4 is 5.78 Å². The summed E-state index contributed by atoms with van der Waals surface area (Å²) in [6.45, 7) is 1.66. The third-order valence-corrected chi connectivity index (χ3v) is 3.77. The Labute approximate surface area is 111 Å². The maximum absolute atomic E-state index is 12.4. The van der Waals surface area contributed by atoms with Gasteiger partial charge in [0.15, 0.2) is 17.3 Å². The summed E-state index contributed by atoms with van der Waals surface area (Å²) in [5.74, 6) is -1.18. The van der Waals surface area contributed by atoms with Gasteiger partial charge in [-0.2, -0.15) is 0 Å². The van der Waals surface area contributed by atoms with Crippen LogP contribution in [0.5, 0.6) is 11.5 Å². The van der Waals surface area contributed by atoms with E-state index in [1.807, 2.05) is 0 Å². The molecule has 0 amide bonds. The monoisotopic (exact) mass is 262 g/mol. The molecule has 1 aromatic carbocycles. The molecule has 0 aliphatic heterocycles. The van der Waals surface area contributed by atoms with E-state index in [0.717, 1.165) is 32.1 Å². The van der Waals surface area contributed by atoms with Crippen LogP contribution in [0.4, 0.5) is 0 Å². The minimum Gasteiger partial charge on any atom is -0.504 e. The Morgan fingerprint density at radius 2 is 1.68 bits per heavy atom. The summed E-state index contributed by atoms with van der Waals surface area (Å²) < 4.78 is 0. The second-order valence-corrected chi connectivity index (χ2v) is 5.18. The molecule has 0 bridgehead atoms. The standard InChI is InChI=1S/C15H18O4/c1-9-7-12(16)15(19)13(17)8-11(9)14(18)10-5-3-2-4-6-10/h7-8,10H,2-6H2,1H3,(H2,16,17,19). The van der Waals surface area contributed by atoms with Crippen molar-refractivity contribution in [3.05, 3.63) is 33.5 Å². The van der Waals surface area contributed by atoms with Crippen LogP contribution in [0.2, 0.25) is 0 Å². The van der Waals surface area contributed by atoms with Gasteiger partial charge in [-0.25, -0.2) is 0 Å². The van der Waals surface area contributed by atoms with Gasteiger partial charge in [-0.3, -0.25) is 9.59 Å². The average molecular weight is 262 g/mol. The Balaban J connectivity index is 2.45. The highest BCUT2D eigenvalue weighted by atomic mass is 16.3. The second kappa shape index (κ2) is 5.43. The number of ketones is 1. The maximum atomic E-state index is 12.4. The molecule has 1 aliphatic rings. The van der Waals surface area contributed by atoms with Gasteiger partial charge in [-0.15, -0.1) is 0 Å². The molecule has 4 nitrogen and oxygen atoms in total. The zero-order valence-corrected chi connectivity index (χ0v) is 11.0. The van der Waals surface area contributed by atoms with Crippen LogP contribution in [0.1, 0.15) is 48.0 Å². The lowest BCUT2D eigenvalue weighted by molar-refractivity contribution is 0.0888. The van der Waals surface area contributed by atoms with Crippen molar-refractivity contribution in [3.63, 3.8) is 0 Å². The number of carbonyl (C=O) groups excluding carboxylic acids is 1. The van der Waals surface area contributed by atoms with Crippen molar-refractivity contribution in [3.8, 4) is 11.5 Å². The van der Waals surface area contributed by atoms with Crippen LogP contribution in [0, 0.1) is 12.8 Å². The minimum atomic E-state index is -0.842. The molecule has 2 rings (SSSR count). The summed E-state index contributed by atoms with van der Waals surface area (Å²) in [4.78, 5) is 23.9. The van der Waals surface area contributed by atoms with E-state index in [0.29, 0.717) is 11.1 Å². The van der Waals surface area contributed by atoms with Crippen LogP contribution >= 0.6 is 0 Å². The molecule has 1 aliphatic carbocycles. The number of aromatic hydroxyl groups is 2. The van der Waals surface area contributed by atoms with Crippen LogP contribution in [-0.2, 0) is 0 Å². The van der Waals surface area contributed by atoms with E-state index in [4.69, 9.17) is 0 Å². The Hall–Kier alpha value is -1.84. The van der Waals surface area contributed by atoms with E-state index < -0.39 is 16.9 Å². The van der Waals surface area contributed by atoms with Gasteiger partial charge >= 0.3 is 0 Å². The van der Waals surface area contributed by atoms with Gasteiger partial charge < -0.3 is 10.2 Å². The summed E-state index contributed by atoms with van der Waals surface area (Å²) in [5.41, 5.74) is 0.0121. The van der Waals surface area contributed by atoms with Gasteiger partial charge in [0, 0.05) is 11.5 Å². The lowest BCUT2D eigenvalue weighted by atomic mass is 9.83.